The first-order valence-corrected chi connectivity index (χ1v) is 11.1. The Balaban J connectivity index is 0.000000364. The summed E-state index contributed by atoms with van der Waals surface area (Å²) in [5.41, 5.74) is 4.02. The summed E-state index contributed by atoms with van der Waals surface area (Å²) in [6.45, 7) is 0. The highest BCUT2D eigenvalue weighted by Gasteiger charge is 2.38. The van der Waals surface area contributed by atoms with Crippen LogP contribution in [0.4, 0.5) is 13.2 Å². The Morgan fingerprint density at radius 2 is 1.94 bits per heavy atom. The predicted octanol–water partition coefficient (Wildman–Crippen LogP) is 5.36. The summed E-state index contributed by atoms with van der Waals surface area (Å²) in [5, 5.41) is 26.3. The smallest absolute Gasteiger partial charge is 0.475 e. The Morgan fingerprint density at radius 3 is 2.63 bits per heavy atom. The topological polar surface area (TPSA) is 110 Å². The van der Waals surface area contributed by atoms with E-state index in [1.54, 1.807) is 23.7 Å². The van der Waals surface area contributed by atoms with Gasteiger partial charge in [-0.3, -0.25) is 5.10 Å². The van der Waals surface area contributed by atoms with Crippen LogP contribution in [0.2, 0.25) is 5.02 Å². The number of benzene rings is 2. The van der Waals surface area contributed by atoms with E-state index in [9.17, 15) is 13.2 Å². The van der Waals surface area contributed by atoms with Gasteiger partial charge in [0.25, 0.3) is 0 Å². The molecular weight excluding hydrogens is 505 g/mol. The molecular formula is C22H16ClF3N6O2S. The predicted molar refractivity (Wildman–Crippen MR) is 125 cm³/mol. The second-order valence-corrected chi connectivity index (χ2v) is 8.73. The van der Waals surface area contributed by atoms with Gasteiger partial charge >= 0.3 is 12.1 Å². The van der Waals surface area contributed by atoms with Crippen LogP contribution in [-0.4, -0.2) is 47.2 Å². The van der Waals surface area contributed by atoms with Crippen LogP contribution in [0.5, 0.6) is 0 Å². The van der Waals surface area contributed by atoms with Gasteiger partial charge in [0.1, 0.15) is 15.8 Å². The number of nitrogens with zero attached hydrogens (tertiary/aromatic N) is 5. The number of aromatic amines is 1. The number of carboxylic acids is 1. The van der Waals surface area contributed by atoms with Crippen molar-refractivity contribution in [2.75, 3.05) is 0 Å². The van der Waals surface area contributed by atoms with Crippen LogP contribution in [0.25, 0.3) is 32.9 Å². The van der Waals surface area contributed by atoms with Crippen molar-refractivity contribution < 1.29 is 23.1 Å². The fourth-order valence-electron chi connectivity index (χ4n) is 3.20. The van der Waals surface area contributed by atoms with Crippen molar-refractivity contribution in [2.45, 2.75) is 12.6 Å². The number of halogens is 4. The number of rotatable bonds is 4. The first-order chi connectivity index (χ1) is 16.6. The number of aromatic nitrogens is 6. The number of fused-ring (bicyclic) bond motifs is 1. The van der Waals surface area contributed by atoms with Gasteiger partial charge < -0.3 is 9.67 Å². The standard InChI is InChI=1S/C20H15ClN6S.C2HF3O2/c1-27-8-7-22-19(27)13-3-2-4-14(9-13)20-26-25-17(28-20)10-12-5-6-16-15(18(12)21)11-23-24-16;3-2(4,5)1(6)7/h2-9,11H,10H2,1H3,(H,23,24);(H,6,7). The molecule has 0 bridgehead atoms. The monoisotopic (exact) mass is 520 g/mol. The lowest BCUT2D eigenvalue weighted by Gasteiger charge is -2.03. The largest absolute Gasteiger partial charge is 0.490 e. The minimum absolute atomic E-state index is 0.636. The van der Waals surface area contributed by atoms with Crippen molar-refractivity contribution in [3.63, 3.8) is 0 Å². The van der Waals surface area contributed by atoms with Crippen molar-refractivity contribution >= 4 is 39.8 Å². The van der Waals surface area contributed by atoms with Crippen molar-refractivity contribution in [3.8, 4) is 22.0 Å². The fraction of sp³-hybridized carbons (Fsp3) is 0.136. The van der Waals surface area contributed by atoms with Crippen LogP contribution < -0.4 is 0 Å². The second-order valence-electron chi connectivity index (χ2n) is 7.29. The number of carboxylic acid groups (broad SMARTS) is 1. The molecule has 0 amide bonds. The Bertz CT molecular complexity index is 1490. The number of hydrogen-bond acceptors (Lipinski definition) is 6. The van der Waals surface area contributed by atoms with Crippen molar-refractivity contribution in [1.29, 1.82) is 0 Å². The van der Waals surface area contributed by atoms with Crippen LogP contribution in [-0.2, 0) is 18.3 Å². The van der Waals surface area contributed by atoms with Crippen LogP contribution in [0.15, 0.2) is 55.0 Å². The molecule has 8 nitrogen and oxygen atoms in total. The lowest BCUT2D eigenvalue weighted by molar-refractivity contribution is -0.192. The Hall–Kier alpha value is -3.77. The number of hydrogen-bond donors (Lipinski definition) is 2. The zero-order chi connectivity index (χ0) is 25.2. The van der Waals surface area contributed by atoms with Gasteiger partial charge in [0, 0.05) is 42.4 Å². The summed E-state index contributed by atoms with van der Waals surface area (Å²) in [7, 11) is 1.98. The zero-order valence-electron chi connectivity index (χ0n) is 17.9. The van der Waals surface area contributed by atoms with Gasteiger partial charge in [-0.05, 0) is 17.7 Å². The molecule has 0 radical (unpaired) electrons. The first kappa shape index (κ1) is 24.4. The molecule has 2 N–H and O–H groups in total. The number of imidazole rings is 1. The molecule has 0 saturated heterocycles. The summed E-state index contributed by atoms with van der Waals surface area (Å²) in [6, 6.07) is 12.2. The average molecular weight is 521 g/mol. The molecule has 0 unspecified atom stereocenters. The Kier molecular flexibility index (Phi) is 6.85. The van der Waals surface area contributed by atoms with Gasteiger partial charge in [-0.15, -0.1) is 10.2 Å². The highest BCUT2D eigenvalue weighted by molar-refractivity contribution is 7.14. The van der Waals surface area contributed by atoms with E-state index in [1.165, 1.54) is 0 Å². The summed E-state index contributed by atoms with van der Waals surface area (Å²) in [6.07, 6.45) is 1.03. The molecule has 3 heterocycles. The molecule has 0 spiro atoms. The van der Waals surface area contributed by atoms with E-state index in [0.717, 1.165) is 43.4 Å². The van der Waals surface area contributed by atoms with Gasteiger partial charge in [-0.2, -0.15) is 18.3 Å². The molecule has 2 aromatic carbocycles. The van der Waals surface area contributed by atoms with Gasteiger partial charge in [0.05, 0.1) is 16.7 Å². The van der Waals surface area contributed by atoms with Crippen LogP contribution in [0.3, 0.4) is 0 Å². The molecule has 3 aromatic heterocycles. The number of carbonyl (C=O) groups is 1. The molecule has 0 atom stereocenters. The maximum atomic E-state index is 10.6. The number of alkyl halides is 3. The van der Waals surface area contributed by atoms with E-state index >= 15 is 0 Å². The van der Waals surface area contributed by atoms with E-state index in [2.05, 4.69) is 31.4 Å². The first-order valence-electron chi connectivity index (χ1n) is 9.94. The maximum absolute atomic E-state index is 10.6. The van der Waals surface area contributed by atoms with E-state index in [0.29, 0.717) is 11.4 Å². The minimum atomic E-state index is -5.08. The lowest BCUT2D eigenvalue weighted by atomic mass is 10.1. The zero-order valence-corrected chi connectivity index (χ0v) is 19.5. The molecule has 5 aromatic rings. The Labute approximate surface area is 205 Å². The maximum Gasteiger partial charge on any atom is 0.490 e. The third-order valence-electron chi connectivity index (χ3n) is 4.88. The normalized spacial score (nSPS) is 11.3. The molecule has 0 aliphatic heterocycles. The molecule has 0 fully saturated rings. The lowest BCUT2D eigenvalue weighted by Crippen LogP contribution is -2.21. The number of aryl methyl sites for hydroxylation is 1. The molecule has 35 heavy (non-hydrogen) atoms. The highest BCUT2D eigenvalue weighted by Crippen LogP contribution is 2.31. The highest BCUT2D eigenvalue weighted by atomic mass is 35.5. The third-order valence-corrected chi connectivity index (χ3v) is 6.30. The molecule has 13 heteroatoms. The van der Waals surface area contributed by atoms with Crippen molar-refractivity contribution in [1.82, 2.24) is 29.9 Å². The average Bonchev–Trinajstić information content (AvgIpc) is 3.57. The van der Waals surface area contributed by atoms with E-state index in [-0.39, 0.29) is 0 Å². The molecule has 0 aliphatic carbocycles. The van der Waals surface area contributed by atoms with Crippen LogP contribution in [0, 0.1) is 0 Å². The van der Waals surface area contributed by atoms with Crippen LogP contribution >= 0.6 is 22.9 Å². The SMILES string of the molecule is Cn1ccnc1-c1cccc(-c2nnc(Cc3ccc4[nH]ncc4c3Cl)s2)c1.O=C(O)C(F)(F)F. The number of aliphatic carboxylic acids is 1. The number of nitrogens with one attached hydrogen (secondary N) is 1. The van der Waals surface area contributed by atoms with Gasteiger partial charge in [-0.1, -0.05) is 47.2 Å². The summed E-state index contributed by atoms with van der Waals surface area (Å²) in [4.78, 5) is 13.3. The fourth-order valence-corrected chi connectivity index (χ4v) is 4.34. The molecule has 180 valence electrons. The van der Waals surface area contributed by atoms with Crippen LogP contribution in [0.1, 0.15) is 10.6 Å². The van der Waals surface area contributed by atoms with Gasteiger partial charge in [0.15, 0.2) is 0 Å². The van der Waals surface area contributed by atoms with E-state index in [4.69, 9.17) is 21.5 Å². The number of H-pyrrole nitrogens is 1. The van der Waals surface area contributed by atoms with Gasteiger partial charge in [-0.25, -0.2) is 9.78 Å². The molecule has 0 saturated carbocycles. The second kappa shape index (κ2) is 9.84. The quantitative estimate of drug-likeness (QED) is 0.330. The summed E-state index contributed by atoms with van der Waals surface area (Å²) < 4.78 is 33.7. The summed E-state index contributed by atoms with van der Waals surface area (Å²) in [5.74, 6) is -1.83. The Morgan fingerprint density at radius 1 is 1.20 bits per heavy atom. The molecule has 0 aliphatic rings. The van der Waals surface area contributed by atoms with Crippen molar-refractivity contribution in [3.05, 3.63) is 70.6 Å². The van der Waals surface area contributed by atoms with Gasteiger partial charge in [0.2, 0.25) is 0 Å². The van der Waals surface area contributed by atoms with E-state index < -0.39 is 12.1 Å². The van der Waals surface area contributed by atoms with Crippen molar-refractivity contribution in [2.24, 2.45) is 7.05 Å². The van der Waals surface area contributed by atoms with E-state index in [1.807, 2.05) is 48.1 Å². The molecule has 5 rings (SSSR count). The minimum Gasteiger partial charge on any atom is -0.475 e. The third kappa shape index (κ3) is 5.49. The summed E-state index contributed by atoms with van der Waals surface area (Å²) >= 11 is 8.11.